The van der Waals surface area contributed by atoms with Gasteiger partial charge in [-0.1, -0.05) is 32.9 Å². The van der Waals surface area contributed by atoms with Crippen molar-refractivity contribution in [2.45, 2.75) is 26.2 Å². The van der Waals surface area contributed by atoms with E-state index in [0.717, 1.165) is 11.4 Å². The van der Waals surface area contributed by atoms with Gasteiger partial charge >= 0.3 is 5.97 Å². The highest BCUT2D eigenvalue weighted by Crippen LogP contribution is 2.29. The molecular weight excluding hydrogens is 256 g/mol. The summed E-state index contributed by atoms with van der Waals surface area (Å²) in [6.45, 7) is 6.05. The normalized spacial score (nSPS) is 11.4. The third-order valence-electron chi connectivity index (χ3n) is 3.01. The molecule has 20 heavy (non-hydrogen) atoms. The summed E-state index contributed by atoms with van der Waals surface area (Å²) in [5.41, 5.74) is 1.34. The molecule has 5 heteroatoms. The molecule has 0 aliphatic rings. The molecule has 0 radical (unpaired) electrons. The zero-order chi connectivity index (χ0) is 14.9. The van der Waals surface area contributed by atoms with Crippen molar-refractivity contribution in [3.63, 3.8) is 0 Å². The lowest BCUT2D eigenvalue weighted by Gasteiger charge is -2.21. The van der Waals surface area contributed by atoms with Crippen LogP contribution in [-0.4, -0.2) is 28.0 Å². The minimum atomic E-state index is -1.04. The van der Waals surface area contributed by atoms with Gasteiger partial charge < -0.3 is 9.84 Å². The number of carbonyl (C=O) groups is 1. The van der Waals surface area contributed by atoms with Gasteiger partial charge in [0.2, 0.25) is 0 Å². The minimum absolute atomic E-state index is 0.0285. The predicted octanol–water partition coefficient (Wildman–Crippen LogP) is 2.88. The van der Waals surface area contributed by atoms with E-state index < -0.39 is 5.97 Å². The summed E-state index contributed by atoms with van der Waals surface area (Å²) in [6.07, 6.45) is 0. The summed E-state index contributed by atoms with van der Waals surface area (Å²) < 4.78 is 6.97. The third-order valence-corrected chi connectivity index (χ3v) is 3.01. The summed E-state index contributed by atoms with van der Waals surface area (Å²) in [5.74, 6) is -0.387. The maximum Gasteiger partial charge on any atom is 0.356 e. The zero-order valence-corrected chi connectivity index (χ0v) is 12.0. The molecule has 0 aliphatic heterocycles. The highest BCUT2D eigenvalue weighted by Gasteiger charge is 2.25. The molecule has 0 unspecified atom stereocenters. The number of methoxy groups -OCH3 is 1. The molecule has 1 N–H and O–H groups in total. The quantitative estimate of drug-likeness (QED) is 0.934. The van der Waals surface area contributed by atoms with Gasteiger partial charge in [-0.2, -0.15) is 5.10 Å². The van der Waals surface area contributed by atoms with Crippen LogP contribution in [0.3, 0.4) is 0 Å². The zero-order valence-electron chi connectivity index (χ0n) is 12.0. The third kappa shape index (κ3) is 2.52. The number of para-hydroxylation sites is 2. The molecule has 1 aromatic heterocycles. The monoisotopic (exact) mass is 274 g/mol. The van der Waals surface area contributed by atoms with Gasteiger partial charge in [0.25, 0.3) is 0 Å². The van der Waals surface area contributed by atoms with Gasteiger partial charge in [0.1, 0.15) is 11.4 Å². The van der Waals surface area contributed by atoms with Gasteiger partial charge in [-0.15, -0.1) is 0 Å². The Hall–Kier alpha value is -2.30. The first-order valence-electron chi connectivity index (χ1n) is 6.32. The van der Waals surface area contributed by atoms with Gasteiger partial charge in [0.05, 0.1) is 12.8 Å². The Kier molecular flexibility index (Phi) is 3.53. The first-order valence-corrected chi connectivity index (χ1v) is 6.32. The maximum absolute atomic E-state index is 11.2. The summed E-state index contributed by atoms with van der Waals surface area (Å²) in [5, 5.41) is 13.3. The second kappa shape index (κ2) is 5.00. The van der Waals surface area contributed by atoms with Crippen molar-refractivity contribution in [3.05, 3.63) is 41.7 Å². The summed E-state index contributed by atoms with van der Waals surface area (Å²) in [4.78, 5) is 11.2. The van der Waals surface area contributed by atoms with Gasteiger partial charge in [-0.25, -0.2) is 9.48 Å². The van der Waals surface area contributed by atoms with Crippen LogP contribution < -0.4 is 4.74 Å². The Morgan fingerprint density at radius 2 is 1.95 bits per heavy atom. The Labute approximate surface area is 117 Å². The van der Waals surface area contributed by atoms with Crippen molar-refractivity contribution in [2.24, 2.45) is 0 Å². The van der Waals surface area contributed by atoms with Crippen LogP contribution in [0.15, 0.2) is 30.3 Å². The first kappa shape index (κ1) is 14.1. The van der Waals surface area contributed by atoms with E-state index in [0.29, 0.717) is 5.75 Å². The van der Waals surface area contributed by atoms with Crippen LogP contribution in [0.25, 0.3) is 5.69 Å². The van der Waals surface area contributed by atoms with Gasteiger partial charge in [-0.3, -0.25) is 0 Å². The molecule has 0 saturated heterocycles. The number of hydrogen-bond donors (Lipinski definition) is 1. The van der Waals surface area contributed by atoms with E-state index in [1.807, 2.05) is 45.0 Å². The van der Waals surface area contributed by atoms with Crippen molar-refractivity contribution in [3.8, 4) is 11.4 Å². The molecule has 0 aliphatic carbocycles. The number of aromatic nitrogens is 2. The Morgan fingerprint density at radius 3 is 2.50 bits per heavy atom. The SMILES string of the molecule is COc1ccccc1-n1nc(C(=O)O)cc1C(C)(C)C. The minimum Gasteiger partial charge on any atom is -0.494 e. The number of nitrogens with zero attached hydrogens (tertiary/aromatic N) is 2. The van der Waals surface area contributed by atoms with Gasteiger partial charge in [0, 0.05) is 5.41 Å². The van der Waals surface area contributed by atoms with E-state index in [-0.39, 0.29) is 11.1 Å². The second-order valence-electron chi connectivity index (χ2n) is 5.55. The van der Waals surface area contributed by atoms with Crippen LogP contribution in [0.4, 0.5) is 0 Å². The lowest BCUT2D eigenvalue weighted by atomic mass is 9.91. The molecule has 1 aromatic carbocycles. The first-order chi connectivity index (χ1) is 9.34. The topological polar surface area (TPSA) is 64.4 Å². The van der Waals surface area contributed by atoms with Crippen LogP contribution in [0, 0.1) is 0 Å². The molecule has 0 fully saturated rings. The van der Waals surface area contributed by atoms with Crippen molar-refractivity contribution in [1.29, 1.82) is 0 Å². The van der Waals surface area contributed by atoms with Crippen LogP contribution in [-0.2, 0) is 5.41 Å². The number of hydrogen-bond acceptors (Lipinski definition) is 3. The largest absolute Gasteiger partial charge is 0.494 e. The van der Waals surface area contributed by atoms with Crippen LogP contribution in [0.2, 0.25) is 0 Å². The lowest BCUT2D eigenvalue weighted by molar-refractivity contribution is 0.0690. The standard InChI is InChI=1S/C15H18N2O3/c1-15(2,3)13-9-10(14(18)19)16-17(13)11-7-5-6-8-12(11)20-4/h5-9H,1-4H3,(H,18,19). The average Bonchev–Trinajstić information content (AvgIpc) is 2.83. The van der Waals surface area contributed by atoms with E-state index >= 15 is 0 Å². The number of rotatable bonds is 3. The molecule has 106 valence electrons. The molecular formula is C15H18N2O3. The van der Waals surface area contributed by atoms with Crippen molar-refractivity contribution >= 4 is 5.97 Å². The van der Waals surface area contributed by atoms with Crippen LogP contribution in [0.1, 0.15) is 37.0 Å². The molecule has 0 atom stereocenters. The fraction of sp³-hybridized carbons (Fsp3) is 0.333. The highest BCUT2D eigenvalue weighted by molar-refractivity contribution is 5.85. The fourth-order valence-electron chi connectivity index (χ4n) is 2.01. The summed E-state index contributed by atoms with van der Waals surface area (Å²) in [6, 6.07) is 9.01. The molecule has 5 nitrogen and oxygen atoms in total. The number of carboxylic acid groups (broad SMARTS) is 1. The molecule has 0 spiro atoms. The highest BCUT2D eigenvalue weighted by atomic mass is 16.5. The maximum atomic E-state index is 11.2. The summed E-state index contributed by atoms with van der Waals surface area (Å²) in [7, 11) is 1.58. The number of ether oxygens (including phenoxy) is 1. The molecule has 0 saturated carbocycles. The van der Waals surface area contributed by atoms with E-state index in [4.69, 9.17) is 9.84 Å². The number of benzene rings is 1. The predicted molar refractivity (Wildman–Crippen MR) is 75.8 cm³/mol. The van der Waals surface area contributed by atoms with E-state index in [9.17, 15) is 4.79 Å². The van der Waals surface area contributed by atoms with Crippen LogP contribution in [0.5, 0.6) is 5.75 Å². The van der Waals surface area contributed by atoms with E-state index in [2.05, 4.69) is 5.10 Å². The van der Waals surface area contributed by atoms with Gasteiger partial charge in [-0.05, 0) is 18.2 Å². The lowest BCUT2D eigenvalue weighted by Crippen LogP contribution is -2.17. The van der Waals surface area contributed by atoms with Crippen LogP contribution >= 0.6 is 0 Å². The Balaban J connectivity index is 2.69. The van der Waals surface area contributed by atoms with Crippen molar-refractivity contribution < 1.29 is 14.6 Å². The Bertz CT molecular complexity index is 639. The molecule has 2 aromatic rings. The Morgan fingerprint density at radius 1 is 1.30 bits per heavy atom. The molecule has 0 amide bonds. The van der Waals surface area contributed by atoms with Gasteiger partial charge in [0.15, 0.2) is 5.69 Å². The van der Waals surface area contributed by atoms with Crippen molar-refractivity contribution in [1.82, 2.24) is 9.78 Å². The fourth-order valence-corrected chi connectivity index (χ4v) is 2.01. The van der Waals surface area contributed by atoms with E-state index in [1.54, 1.807) is 17.9 Å². The summed E-state index contributed by atoms with van der Waals surface area (Å²) >= 11 is 0. The average molecular weight is 274 g/mol. The number of aromatic carboxylic acids is 1. The van der Waals surface area contributed by atoms with E-state index in [1.165, 1.54) is 0 Å². The van der Waals surface area contributed by atoms with Crippen molar-refractivity contribution in [2.75, 3.05) is 7.11 Å². The second-order valence-corrected chi connectivity index (χ2v) is 5.55. The molecule has 2 rings (SSSR count). The number of carboxylic acids is 1. The molecule has 0 bridgehead atoms. The smallest absolute Gasteiger partial charge is 0.356 e. The molecule has 1 heterocycles.